The molecule has 2 aromatic rings. The second kappa shape index (κ2) is 11.5. The van der Waals surface area contributed by atoms with E-state index in [0.717, 1.165) is 34.6 Å². The van der Waals surface area contributed by atoms with Crippen LogP contribution in [0.3, 0.4) is 0 Å². The van der Waals surface area contributed by atoms with Crippen molar-refractivity contribution in [3.05, 3.63) is 77.7 Å². The van der Waals surface area contributed by atoms with Crippen LogP contribution in [0.1, 0.15) is 72.1 Å². The summed E-state index contributed by atoms with van der Waals surface area (Å²) in [5.41, 5.74) is 7.94. The predicted molar refractivity (Wildman–Crippen MR) is 134 cm³/mol. The van der Waals surface area contributed by atoms with Gasteiger partial charge >= 0.3 is 0 Å². The molecule has 0 saturated carbocycles. The molecular weight excluding hydrogens is 364 g/mol. The van der Waals surface area contributed by atoms with Crippen LogP contribution in [0.25, 0.3) is 22.0 Å². The minimum atomic E-state index is 0.845. The lowest BCUT2D eigenvalue weighted by Crippen LogP contribution is -2.01. The number of nitrogens with one attached hydrogen (secondary N) is 1. The summed E-state index contributed by atoms with van der Waals surface area (Å²) >= 11 is 0. The van der Waals surface area contributed by atoms with E-state index in [9.17, 15) is 0 Å². The SMILES string of the molecule is C=C(C)c1cc(C2=CNC/C2=C\C(C)=C/C)nc2ccccc12.CCCC(C)CC. The van der Waals surface area contributed by atoms with Crippen LogP contribution in [0.4, 0.5) is 0 Å². The molecule has 1 aliphatic heterocycles. The number of nitrogens with zero attached hydrogens (tertiary/aromatic N) is 1. The van der Waals surface area contributed by atoms with Gasteiger partial charge in [0, 0.05) is 23.7 Å². The Morgan fingerprint density at radius 3 is 2.57 bits per heavy atom. The van der Waals surface area contributed by atoms with Gasteiger partial charge in [-0.3, -0.25) is 0 Å². The summed E-state index contributed by atoms with van der Waals surface area (Å²) < 4.78 is 0. The molecule has 0 saturated heterocycles. The van der Waals surface area contributed by atoms with Crippen molar-refractivity contribution in [1.82, 2.24) is 10.3 Å². The molecule has 0 aliphatic carbocycles. The van der Waals surface area contributed by atoms with Crippen molar-refractivity contribution < 1.29 is 0 Å². The molecule has 0 bridgehead atoms. The zero-order valence-corrected chi connectivity index (χ0v) is 19.7. The van der Waals surface area contributed by atoms with Crippen molar-refractivity contribution in [2.24, 2.45) is 5.92 Å². The molecule has 2 nitrogen and oxygen atoms in total. The average Bonchev–Trinajstić information content (AvgIpc) is 3.21. The zero-order valence-electron chi connectivity index (χ0n) is 19.7. The van der Waals surface area contributed by atoms with Crippen molar-refractivity contribution in [1.29, 1.82) is 0 Å². The number of aromatic nitrogens is 1. The van der Waals surface area contributed by atoms with Gasteiger partial charge in [0.25, 0.3) is 0 Å². The Hall–Kier alpha value is -2.61. The quantitative estimate of drug-likeness (QED) is 0.530. The Bertz CT molecular complexity index is 960. The summed E-state index contributed by atoms with van der Waals surface area (Å²) in [6.07, 6.45) is 10.5. The molecule has 1 N–H and O–H groups in total. The fraction of sp³-hybridized carbons (Fsp3) is 0.393. The van der Waals surface area contributed by atoms with Crippen LogP contribution in [0.2, 0.25) is 0 Å². The van der Waals surface area contributed by atoms with Gasteiger partial charge in [0.2, 0.25) is 0 Å². The van der Waals surface area contributed by atoms with E-state index in [0.29, 0.717) is 0 Å². The molecule has 1 aromatic carbocycles. The van der Waals surface area contributed by atoms with Crippen molar-refractivity contribution >= 4 is 22.0 Å². The average molecular weight is 403 g/mol. The van der Waals surface area contributed by atoms with Crippen LogP contribution in [0.5, 0.6) is 0 Å². The fourth-order valence-corrected chi connectivity index (χ4v) is 3.54. The zero-order chi connectivity index (χ0) is 22.1. The molecule has 2 heterocycles. The van der Waals surface area contributed by atoms with E-state index in [1.807, 2.05) is 19.1 Å². The van der Waals surface area contributed by atoms with Gasteiger partial charge in [-0.15, -0.1) is 0 Å². The van der Waals surface area contributed by atoms with Crippen LogP contribution in [-0.4, -0.2) is 11.5 Å². The molecule has 30 heavy (non-hydrogen) atoms. The van der Waals surface area contributed by atoms with E-state index in [1.165, 1.54) is 41.5 Å². The number of para-hydroxylation sites is 1. The number of benzene rings is 1. The normalized spacial score (nSPS) is 16.0. The molecule has 0 fully saturated rings. The lowest BCUT2D eigenvalue weighted by molar-refractivity contribution is 0.509. The van der Waals surface area contributed by atoms with Crippen LogP contribution >= 0.6 is 0 Å². The van der Waals surface area contributed by atoms with Gasteiger partial charge in [-0.05, 0) is 50.0 Å². The minimum Gasteiger partial charge on any atom is -0.386 e. The van der Waals surface area contributed by atoms with E-state index in [4.69, 9.17) is 4.98 Å². The molecular formula is C28H38N2. The third-order valence-corrected chi connectivity index (χ3v) is 5.67. The number of fused-ring (bicyclic) bond motifs is 1. The van der Waals surface area contributed by atoms with E-state index in [2.05, 4.69) is 83.1 Å². The molecule has 3 rings (SSSR count). The molecule has 1 unspecified atom stereocenters. The second-order valence-corrected chi connectivity index (χ2v) is 8.30. The van der Waals surface area contributed by atoms with Crippen molar-refractivity contribution in [3.63, 3.8) is 0 Å². The van der Waals surface area contributed by atoms with Gasteiger partial charge in [0.15, 0.2) is 0 Å². The number of hydrogen-bond donors (Lipinski definition) is 1. The van der Waals surface area contributed by atoms with Gasteiger partial charge in [-0.1, -0.05) is 88.1 Å². The Morgan fingerprint density at radius 1 is 1.23 bits per heavy atom. The Kier molecular flexibility index (Phi) is 9.11. The van der Waals surface area contributed by atoms with Crippen LogP contribution in [0.15, 0.2) is 66.4 Å². The van der Waals surface area contributed by atoms with Crippen LogP contribution < -0.4 is 5.32 Å². The van der Waals surface area contributed by atoms with E-state index in [1.54, 1.807) is 0 Å². The maximum atomic E-state index is 4.87. The number of rotatable bonds is 6. The summed E-state index contributed by atoms with van der Waals surface area (Å²) in [7, 11) is 0. The van der Waals surface area contributed by atoms with Gasteiger partial charge in [-0.25, -0.2) is 4.98 Å². The Labute approximate surface area is 183 Å². The highest BCUT2D eigenvalue weighted by molar-refractivity contribution is 5.94. The topological polar surface area (TPSA) is 24.9 Å². The Morgan fingerprint density at radius 2 is 1.97 bits per heavy atom. The molecule has 1 atom stereocenters. The minimum absolute atomic E-state index is 0.845. The molecule has 0 spiro atoms. The highest BCUT2D eigenvalue weighted by Crippen LogP contribution is 2.31. The molecule has 0 radical (unpaired) electrons. The van der Waals surface area contributed by atoms with Crippen LogP contribution in [0, 0.1) is 5.92 Å². The molecule has 0 amide bonds. The maximum Gasteiger partial charge on any atom is 0.0733 e. The first-order chi connectivity index (χ1) is 14.4. The summed E-state index contributed by atoms with van der Waals surface area (Å²) in [5.74, 6) is 0.949. The number of hydrogen-bond acceptors (Lipinski definition) is 2. The fourth-order valence-electron chi connectivity index (χ4n) is 3.54. The van der Waals surface area contributed by atoms with Crippen molar-refractivity contribution in [3.8, 4) is 0 Å². The van der Waals surface area contributed by atoms with Gasteiger partial charge < -0.3 is 5.32 Å². The first-order valence-electron chi connectivity index (χ1n) is 11.2. The van der Waals surface area contributed by atoms with E-state index in [-0.39, 0.29) is 0 Å². The highest BCUT2D eigenvalue weighted by atomic mass is 14.9. The summed E-state index contributed by atoms with van der Waals surface area (Å²) in [6, 6.07) is 10.4. The van der Waals surface area contributed by atoms with Gasteiger partial charge in [-0.2, -0.15) is 0 Å². The highest BCUT2D eigenvalue weighted by Gasteiger charge is 2.16. The number of pyridine rings is 1. The monoisotopic (exact) mass is 402 g/mol. The van der Waals surface area contributed by atoms with Crippen LogP contribution in [-0.2, 0) is 0 Å². The first kappa shape index (κ1) is 23.7. The predicted octanol–water partition coefficient (Wildman–Crippen LogP) is 7.94. The number of allylic oxidation sites excluding steroid dienone is 4. The van der Waals surface area contributed by atoms with E-state index >= 15 is 0 Å². The smallest absolute Gasteiger partial charge is 0.0733 e. The summed E-state index contributed by atoms with van der Waals surface area (Å²) in [6.45, 7) is 18.0. The lowest BCUT2D eigenvalue weighted by Gasteiger charge is -2.11. The Balaban J connectivity index is 0.000000396. The van der Waals surface area contributed by atoms with Crippen molar-refractivity contribution in [2.45, 2.75) is 60.8 Å². The standard InChI is InChI=1S/C21H22N2.C7H16/c1-5-15(4)10-16-12-22-13-19(16)21-11-18(14(2)3)17-8-6-7-9-20(17)23-21;1-4-6-7(3)5-2/h5-11,13,22H,2,12H2,1,3-4H3;7H,4-6H2,1-3H3/b15-5-,16-10+;. The van der Waals surface area contributed by atoms with E-state index < -0.39 is 0 Å². The van der Waals surface area contributed by atoms with Gasteiger partial charge in [0.05, 0.1) is 11.2 Å². The second-order valence-electron chi connectivity index (χ2n) is 8.30. The molecule has 1 aliphatic rings. The maximum absolute atomic E-state index is 4.87. The molecule has 1 aromatic heterocycles. The van der Waals surface area contributed by atoms with Crippen molar-refractivity contribution in [2.75, 3.05) is 6.54 Å². The largest absolute Gasteiger partial charge is 0.386 e. The summed E-state index contributed by atoms with van der Waals surface area (Å²) in [5, 5.41) is 4.48. The summed E-state index contributed by atoms with van der Waals surface area (Å²) in [4.78, 5) is 4.87. The third-order valence-electron chi connectivity index (χ3n) is 5.67. The molecule has 160 valence electrons. The molecule has 2 heteroatoms. The first-order valence-corrected chi connectivity index (χ1v) is 11.2. The third kappa shape index (κ3) is 6.19. The van der Waals surface area contributed by atoms with Gasteiger partial charge in [0.1, 0.15) is 0 Å². The lowest BCUT2D eigenvalue weighted by atomic mass is 9.97.